The van der Waals surface area contributed by atoms with Crippen LogP contribution in [0.1, 0.15) is 12.6 Å². The summed E-state index contributed by atoms with van der Waals surface area (Å²) in [6.45, 7) is 1.45. The molecule has 144 valence electrons. The Labute approximate surface area is 159 Å². The van der Waals surface area contributed by atoms with Crippen LogP contribution in [0.25, 0.3) is 17.0 Å². The first-order valence-electron chi connectivity index (χ1n) is 7.50. The van der Waals surface area contributed by atoms with E-state index in [1.54, 1.807) is 0 Å². The molecule has 0 atom stereocenters. The van der Waals surface area contributed by atoms with Gasteiger partial charge in [0.2, 0.25) is 0 Å². The van der Waals surface area contributed by atoms with E-state index in [0.717, 1.165) is 17.5 Å². The smallest absolute Gasteiger partial charge is 0.292 e. The molecule has 27 heavy (non-hydrogen) atoms. The third-order valence-electron chi connectivity index (χ3n) is 3.92. The molecule has 12 heteroatoms. The molecule has 0 N–H and O–H groups in total. The lowest BCUT2D eigenvalue weighted by Crippen LogP contribution is -2.29. The molecule has 3 rings (SSSR count). The van der Waals surface area contributed by atoms with Crippen LogP contribution in [0, 0.1) is 0 Å². The molecule has 0 fully saturated rings. The van der Waals surface area contributed by atoms with Gasteiger partial charge in [-0.1, -0.05) is 6.92 Å². The third kappa shape index (κ3) is 3.38. The fraction of sp³-hybridized carbons (Fsp3) is 0.267. The molecular formula is C15H12BrF3N4O3S. The molecule has 0 aliphatic heterocycles. The summed E-state index contributed by atoms with van der Waals surface area (Å²) >= 11 is 3.15. The van der Waals surface area contributed by atoms with Crippen LogP contribution in [0.2, 0.25) is 0 Å². The molecule has 3 heterocycles. The molecule has 3 aromatic heterocycles. The predicted molar refractivity (Wildman–Crippen MR) is 94.1 cm³/mol. The first-order chi connectivity index (χ1) is 12.5. The maximum Gasteiger partial charge on any atom is 0.431 e. The van der Waals surface area contributed by atoms with E-state index in [4.69, 9.17) is 0 Å². The van der Waals surface area contributed by atoms with Crippen molar-refractivity contribution in [1.82, 2.24) is 18.9 Å². The van der Waals surface area contributed by atoms with Crippen molar-refractivity contribution in [3.63, 3.8) is 0 Å². The number of pyridine rings is 1. The van der Waals surface area contributed by atoms with Crippen LogP contribution in [-0.2, 0) is 23.1 Å². The summed E-state index contributed by atoms with van der Waals surface area (Å²) in [6.07, 6.45) is -2.23. The molecular weight excluding hydrogens is 453 g/mol. The average Bonchev–Trinajstić information content (AvgIpc) is 3.01. The van der Waals surface area contributed by atoms with Gasteiger partial charge in [-0.15, -0.1) is 0 Å². The minimum Gasteiger partial charge on any atom is -0.292 e. The van der Waals surface area contributed by atoms with Crippen molar-refractivity contribution in [3.05, 3.63) is 45.2 Å². The van der Waals surface area contributed by atoms with Crippen LogP contribution >= 0.6 is 15.9 Å². The van der Waals surface area contributed by atoms with Crippen molar-refractivity contribution < 1.29 is 21.6 Å². The second-order valence-electron chi connectivity index (χ2n) is 5.63. The molecule has 0 radical (unpaired) electrons. The first kappa shape index (κ1) is 19.5. The monoisotopic (exact) mass is 464 g/mol. The van der Waals surface area contributed by atoms with Gasteiger partial charge in [0.15, 0.2) is 9.84 Å². The topological polar surface area (TPSA) is 86.3 Å². The molecule has 0 amide bonds. The van der Waals surface area contributed by atoms with Crippen molar-refractivity contribution in [2.24, 2.45) is 7.05 Å². The Morgan fingerprint density at radius 3 is 2.52 bits per heavy atom. The molecule has 0 aliphatic rings. The van der Waals surface area contributed by atoms with Crippen LogP contribution in [-0.4, -0.2) is 33.1 Å². The number of fused-ring (bicyclic) bond motifs is 1. The quantitative estimate of drug-likeness (QED) is 0.594. The van der Waals surface area contributed by atoms with Gasteiger partial charge in [-0.2, -0.15) is 13.2 Å². The Morgan fingerprint density at radius 2 is 1.93 bits per heavy atom. The number of hydrogen-bond acceptors (Lipinski definition) is 5. The number of alkyl halides is 3. The van der Waals surface area contributed by atoms with Gasteiger partial charge in [-0.3, -0.25) is 14.0 Å². The van der Waals surface area contributed by atoms with Gasteiger partial charge in [-0.05, 0) is 22.0 Å². The summed E-state index contributed by atoms with van der Waals surface area (Å²) in [5, 5.41) is 0. The minimum atomic E-state index is -4.74. The Morgan fingerprint density at radius 1 is 1.26 bits per heavy atom. The van der Waals surface area contributed by atoms with E-state index in [-0.39, 0.29) is 27.7 Å². The van der Waals surface area contributed by atoms with Crippen LogP contribution in [0.15, 0.2) is 38.7 Å². The number of halogens is 4. The highest BCUT2D eigenvalue weighted by atomic mass is 79.9. The maximum absolute atomic E-state index is 13.1. The predicted octanol–water partition coefficient (Wildman–Crippen LogP) is 2.67. The number of imidazole rings is 1. The maximum atomic E-state index is 13.1. The lowest BCUT2D eigenvalue weighted by Gasteiger charge is -2.11. The molecule has 3 aromatic rings. The van der Waals surface area contributed by atoms with Gasteiger partial charge in [0, 0.05) is 30.0 Å². The summed E-state index contributed by atoms with van der Waals surface area (Å²) in [4.78, 5) is 20.2. The zero-order chi connectivity index (χ0) is 20.1. The van der Waals surface area contributed by atoms with Crippen LogP contribution in [0.4, 0.5) is 13.2 Å². The van der Waals surface area contributed by atoms with E-state index in [2.05, 4.69) is 25.9 Å². The summed E-state index contributed by atoms with van der Waals surface area (Å²) < 4.78 is 65.8. The second-order valence-corrected chi connectivity index (χ2v) is 8.79. The van der Waals surface area contributed by atoms with Crippen LogP contribution < -0.4 is 5.69 Å². The standard InChI is InChI=1S/C15H12BrF3N4O3S/c1-3-27(25,26)10-4-8(16)6-20-13(10)9-7-23-12(21-9)5-11(15(17,18)19)22(2)14(23)24/h4-7H,3H2,1-2H3. The van der Waals surface area contributed by atoms with E-state index in [0.29, 0.717) is 9.04 Å². The number of rotatable bonds is 3. The number of nitrogens with zero attached hydrogens (tertiary/aromatic N) is 4. The largest absolute Gasteiger partial charge is 0.431 e. The minimum absolute atomic E-state index is 0.0223. The Kier molecular flexibility index (Phi) is 4.67. The van der Waals surface area contributed by atoms with Gasteiger partial charge < -0.3 is 0 Å². The molecule has 0 spiro atoms. The molecule has 0 aromatic carbocycles. The first-order valence-corrected chi connectivity index (χ1v) is 9.95. The van der Waals surface area contributed by atoms with E-state index >= 15 is 0 Å². The van der Waals surface area contributed by atoms with Crippen LogP contribution in [0.5, 0.6) is 0 Å². The Hall–Kier alpha value is -2.21. The zero-order valence-electron chi connectivity index (χ0n) is 14.0. The SMILES string of the molecule is CCS(=O)(=O)c1cc(Br)cnc1-c1cn2c(=O)n(C)c(C(F)(F)F)cc2n1. The molecule has 0 saturated carbocycles. The molecule has 0 bridgehead atoms. The van der Waals surface area contributed by atoms with E-state index in [9.17, 15) is 26.4 Å². The van der Waals surface area contributed by atoms with Gasteiger partial charge >= 0.3 is 11.9 Å². The van der Waals surface area contributed by atoms with Crippen molar-refractivity contribution >= 4 is 31.4 Å². The summed E-state index contributed by atoms with van der Waals surface area (Å²) in [5.74, 6) is -0.203. The zero-order valence-corrected chi connectivity index (χ0v) is 16.4. The van der Waals surface area contributed by atoms with Crippen molar-refractivity contribution in [2.45, 2.75) is 18.0 Å². The fourth-order valence-corrected chi connectivity index (χ4v) is 4.08. The van der Waals surface area contributed by atoms with Gasteiger partial charge in [0.25, 0.3) is 0 Å². The normalized spacial score (nSPS) is 12.7. The van der Waals surface area contributed by atoms with Crippen LogP contribution in [0.3, 0.4) is 0 Å². The van der Waals surface area contributed by atoms with E-state index < -0.39 is 27.4 Å². The summed E-state index contributed by atoms with van der Waals surface area (Å²) in [5.41, 5.74) is -2.45. The van der Waals surface area contributed by atoms with Gasteiger partial charge in [0.1, 0.15) is 22.7 Å². The third-order valence-corrected chi connectivity index (χ3v) is 6.10. The average molecular weight is 465 g/mol. The second kappa shape index (κ2) is 6.44. The summed E-state index contributed by atoms with van der Waals surface area (Å²) in [7, 11) is -2.70. The number of hydrogen-bond donors (Lipinski definition) is 0. The lowest BCUT2D eigenvalue weighted by atomic mass is 10.3. The Bertz CT molecular complexity index is 1220. The highest BCUT2D eigenvalue weighted by Crippen LogP contribution is 2.31. The van der Waals surface area contributed by atoms with Crippen molar-refractivity contribution in [1.29, 1.82) is 0 Å². The van der Waals surface area contributed by atoms with E-state index in [1.807, 2.05) is 0 Å². The van der Waals surface area contributed by atoms with Crippen molar-refractivity contribution in [3.8, 4) is 11.4 Å². The van der Waals surface area contributed by atoms with Gasteiger partial charge in [-0.25, -0.2) is 18.2 Å². The molecule has 0 aliphatic carbocycles. The number of sulfone groups is 1. The molecule has 0 unspecified atom stereocenters. The highest BCUT2D eigenvalue weighted by Gasteiger charge is 2.35. The Balaban J connectivity index is 2.33. The van der Waals surface area contributed by atoms with Gasteiger partial charge in [0.05, 0.1) is 10.6 Å². The van der Waals surface area contributed by atoms with Crippen molar-refractivity contribution in [2.75, 3.05) is 5.75 Å². The highest BCUT2D eigenvalue weighted by molar-refractivity contribution is 9.10. The fourth-order valence-electron chi connectivity index (χ4n) is 2.53. The summed E-state index contributed by atoms with van der Waals surface area (Å²) in [6, 6.07) is 2.06. The number of aromatic nitrogens is 4. The lowest BCUT2D eigenvalue weighted by molar-refractivity contribution is -0.143. The molecule has 0 saturated heterocycles. The van der Waals surface area contributed by atoms with E-state index in [1.165, 1.54) is 25.4 Å². The molecule has 7 nitrogen and oxygen atoms in total.